The fraction of sp³-hybridized carbons (Fsp3) is 0.206. The summed E-state index contributed by atoms with van der Waals surface area (Å²) in [5.74, 6) is 0. The van der Waals surface area contributed by atoms with Crippen LogP contribution in [0.5, 0.6) is 0 Å². The molecule has 5 rings (SSSR count). The van der Waals surface area contributed by atoms with E-state index in [1.807, 2.05) is 78.9 Å². The van der Waals surface area contributed by atoms with Crippen molar-refractivity contribution in [2.45, 2.75) is 39.3 Å². The van der Waals surface area contributed by atoms with Crippen molar-refractivity contribution in [3.63, 3.8) is 0 Å². The number of halogens is 3. The molecule has 0 saturated carbocycles. The summed E-state index contributed by atoms with van der Waals surface area (Å²) >= 11 is -3.35. The van der Waals surface area contributed by atoms with Crippen LogP contribution < -0.4 is 14.4 Å². The molecule has 0 N–H and O–H groups in total. The molecule has 5 heteroatoms. The summed E-state index contributed by atoms with van der Waals surface area (Å²) < 4.78 is 48.2. The van der Waals surface area contributed by atoms with Crippen LogP contribution in [0.2, 0.25) is 0 Å². The summed E-state index contributed by atoms with van der Waals surface area (Å²) in [6.45, 7) is 8.63. The first kappa shape index (κ1) is 27.5. The summed E-state index contributed by atoms with van der Waals surface area (Å²) in [5, 5.41) is 2.32. The molecule has 5 aromatic rings. The van der Waals surface area contributed by atoms with Crippen molar-refractivity contribution in [2.24, 2.45) is 7.05 Å². The van der Waals surface area contributed by atoms with E-state index in [0.29, 0.717) is 3.27 Å². The van der Waals surface area contributed by atoms with Crippen LogP contribution in [0.4, 0.5) is 13.2 Å². The number of nitrogens with zero attached hydrogens (tertiary/aromatic N) is 1. The van der Waals surface area contributed by atoms with E-state index in [2.05, 4.69) is 45.9 Å². The van der Waals surface area contributed by atoms with E-state index in [-0.39, 0.29) is 5.41 Å². The first-order chi connectivity index (χ1) is 18.5. The monoisotopic (exact) mass is 720 g/mol. The van der Waals surface area contributed by atoms with Crippen molar-refractivity contribution in [1.82, 2.24) is 0 Å². The van der Waals surface area contributed by atoms with Crippen LogP contribution >= 0.6 is 0 Å². The molecule has 0 unspecified atom stereocenters. The first-order valence-corrected chi connectivity index (χ1v) is 18.2. The third kappa shape index (κ3) is 5.39. The summed E-state index contributed by atoms with van der Waals surface area (Å²) in [5.41, 5.74) is 3.37. The van der Waals surface area contributed by atoms with Gasteiger partial charge in [-0.1, -0.05) is 0 Å². The molecule has 0 bridgehead atoms. The fourth-order valence-electron chi connectivity index (χ4n) is 5.30. The Morgan fingerprint density at radius 3 is 1.69 bits per heavy atom. The van der Waals surface area contributed by atoms with Crippen molar-refractivity contribution in [2.75, 3.05) is 0 Å². The molecule has 1 heterocycles. The Morgan fingerprint density at radius 2 is 1.18 bits per heavy atom. The Hall–Kier alpha value is -3.04. The van der Waals surface area contributed by atoms with Crippen LogP contribution in [0.25, 0.3) is 22.0 Å². The maximum absolute atomic E-state index is 14.7. The first-order valence-electron chi connectivity index (χ1n) is 13.0. The molecule has 0 aliphatic heterocycles. The summed E-state index contributed by atoms with van der Waals surface area (Å²) in [4.78, 5) is 0. The Balaban J connectivity index is 1.86. The van der Waals surface area contributed by atoms with E-state index in [4.69, 9.17) is 0 Å². The van der Waals surface area contributed by atoms with E-state index in [0.717, 1.165) is 28.7 Å². The number of hydrogen-bond acceptors (Lipinski definition) is 0. The number of hydrogen-bond donors (Lipinski definition) is 0. The number of aryl methyl sites for hydroxylation is 2. The number of pyridine rings is 1. The zero-order valence-electron chi connectivity index (χ0n) is 22.8. The topological polar surface area (TPSA) is 3.88 Å². The zero-order chi connectivity index (χ0) is 27.9. The quantitative estimate of drug-likeness (QED) is 0.148. The standard InChI is InChI=1S/C22H22F3N.2C6H5.Bi/c1-14-16-8-6-7-9-17(16)19(21(2,3)4)12-18(14)20-11-10-15(13-26(20)5)22(23,24)25;2*1-2-4-6-5-3-1;/h6-9,11-13H,1-5H3;2*1-5H;/q+1;;;. The molecule has 0 amide bonds. The number of alkyl halides is 3. The molecular weight excluding hydrogens is 688 g/mol. The van der Waals surface area contributed by atoms with Crippen LogP contribution in [0.3, 0.4) is 0 Å². The molecule has 4 aromatic carbocycles. The maximum atomic E-state index is 14.7. The van der Waals surface area contributed by atoms with Gasteiger partial charge >= 0.3 is 238 Å². The van der Waals surface area contributed by atoms with E-state index >= 15 is 0 Å². The van der Waals surface area contributed by atoms with Crippen LogP contribution in [0.15, 0.2) is 103 Å². The molecule has 0 aliphatic carbocycles. The van der Waals surface area contributed by atoms with Crippen molar-refractivity contribution >= 4 is 42.3 Å². The van der Waals surface area contributed by atoms with Crippen molar-refractivity contribution in [3.05, 3.63) is 120 Å². The molecule has 0 saturated heterocycles. The molecule has 1 aromatic heterocycles. The van der Waals surface area contributed by atoms with Crippen molar-refractivity contribution in [1.29, 1.82) is 0 Å². The van der Waals surface area contributed by atoms with E-state index < -0.39 is 33.5 Å². The van der Waals surface area contributed by atoms with E-state index in [1.54, 1.807) is 11.6 Å². The molecule has 0 radical (unpaired) electrons. The molecule has 0 aliphatic rings. The summed E-state index contributed by atoms with van der Waals surface area (Å²) in [6.07, 6.45) is -3.15. The van der Waals surface area contributed by atoms with Gasteiger partial charge in [0.15, 0.2) is 0 Å². The van der Waals surface area contributed by atoms with Crippen LogP contribution in [0.1, 0.15) is 37.5 Å². The second kappa shape index (κ2) is 10.5. The normalized spacial score (nSPS) is 12.3. The van der Waals surface area contributed by atoms with E-state index in [1.165, 1.54) is 17.1 Å². The van der Waals surface area contributed by atoms with Gasteiger partial charge in [-0.05, 0) is 0 Å². The Morgan fingerprint density at radius 1 is 0.667 bits per heavy atom. The number of benzene rings is 4. The van der Waals surface area contributed by atoms with Crippen LogP contribution in [-0.4, -0.2) is 21.8 Å². The molecule has 198 valence electrons. The van der Waals surface area contributed by atoms with Gasteiger partial charge in [0.25, 0.3) is 0 Å². The summed E-state index contributed by atoms with van der Waals surface area (Å²) in [7, 11) is 1.73. The molecule has 0 fully saturated rings. The summed E-state index contributed by atoms with van der Waals surface area (Å²) in [6, 6.07) is 31.9. The molecule has 0 atom stereocenters. The molecule has 1 nitrogen and oxygen atoms in total. The Kier molecular flexibility index (Phi) is 7.41. The predicted molar refractivity (Wildman–Crippen MR) is 157 cm³/mol. The van der Waals surface area contributed by atoms with Gasteiger partial charge in [-0.2, -0.15) is 0 Å². The molecular formula is C34H32BiF3N+. The van der Waals surface area contributed by atoms with Gasteiger partial charge in [0.2, 0.25) is 0 Å². The zero-order valence-corrected chi connectivity index (χ0v) is 26.3. The van der Waals surface area contributed by atoms with Crippen LogP contribution in [-0.2, 0) is 18.6 Å². The van der Waals surface area contributed by atoms with Gasteiger partial charge in [-0.15, -0.1) is 0 Å². The van der Waals surface area contributed by atoms with Gasteiger partial charge in [-0.3, -0.25) is 0 Å². The van der Waals surface area contributed by atoms with Gasteiger partial charge in [0, 0.05) is 0 Å². The van der Waals surface area contributed by atoms with Gasteiger partial charge < -0.3 is 0 Å². The number of rotatable bonds is 4. The number of aromatic nitrogens is 1. The second-order valence-electron chi connectivity index (χ2n) is 11.0. The van der Waals surface area contributed by atoms with Crippen molar-refractivity contribution < 1.29 is 17.7 Å². The third-order valence-corrected chi connectivity index (χ3v) is 16.9. The van der Waals surface area contributed by atoms with Gasteiger partial charge in [-0.25, -0.2) is 0 Å². The second-order valence-corrected chi connectivity index (χ2v) is 19.5. The minimum absolute atomic E-state index is 0.134. The Labute approximate surface area is 236 Å². The third-order valence-electron chi connectivity index (χ3n) is 7.23. The van der Waals surface area contributed by atoms with E-state index in [9.17, 15) is 13.2 Å². The average Bonchev–Trinajstić information content (AvgIpc) is 2.90. The minimum atomic E-state index is -4.46. The fourth-order valence-corrected chi connectivity index (χ4v) is 14.9. The SMILES string of the molecule is Cc1c(-c2c[c]([Bi]([c]3ccccc3)[c]3ccccc3)c(C(F)(F)F)c[n+]2C)cc(C(C)(C)C)c2ccccc12. The van der Waals surface area contributed by atoms with Crippen molar-refractivity contribution in [3.8, 4) is 11.3 Å². The van der Waals surface area contributed by atoms with Crippen LogP contribution in [0, 0.1) is 6.92 Å². The number of fused-ring (bicyclic) bond motifs is 1. The predicted octanol–water partition coefficient (Wildman–Crippen LogP) is 6.47. The molecule has 0 spiro atoms. The van der Waals surface area contributed by atoms with Gasteiger partial charge in [0.05, 0.1) is 0 Å². The molecule has 39 heavy (non-hydrogen) atoms. The average molecular weight is 721 g/mol. The Bertz CT molecular complexity index is 1600. The van der Waals surface area contributed by atoms with Gasteiger partial charge in [0.1, 0.15) is 0 Å².